The molecule has 4 heterocycles. The van der Waals surface area contributed by atoms with Crippen LogP contribution in [-0.4, -0.2) is 31.5 Å². The van der Waals surface area contributed by atoms with E-state index in [1.165, 1.54) is 42.6 Å². The van der Waals surface area contributed by atoms with Crippen LogP contribution in [0.2, 0.25) is 0 Å². The van der Waals surface area contributed by atoms with Gasteiger partial charge >= 0.3 is 5.69 Å². The molecular weight excluding hydrogens is 580 g/mol. The predicted molar refractivity (Wildman–Crippen MR) is 158 cm³/mol. The van der Waals surface area contributed by atoms with Crippen molar-refractivity contribution in [1.82, 2.24) is 14.1 Å². The Hall–Kier alpha value is -5.04. The molecule has 13 heteroatoms. The van der Waals surface area contributed by atoms with E-state index >= 15 is 0 Å². The summed E-state index contributed by atoms with van der Waals surface area (Å²) in [5, 5.41) is 11.3. The number of aromatic nitrogens is 3. The fourth-order valence-corrected chi connectivity index (χ4v) is 6.58. The van der Waals surface area contributed by atoms with Crippen molar-refractivity contribution in [2.45, 2.75) is 32.7 Å². The van der Waals surface area contributed by atoms with E-state index in [1.54, 1.807) is 17.9 Å². The Labute approximate surface area is 246 Å². The number of anilines is 1. The number of carbonyl (C=O) groups is 1. The number of fused-ring (bicyclic) bond motifs is 1. The Kier molecular flexibility index (Phi) is 7.18. The summed E-state index contributed by atoms with van der Waals surface area (Å²) in [5.41, 5.74) is -0.760. The quantitative estimate of drug-likeness (QED) is 0.191. The fourth-order valence-electron chi connectivity index (χ4n) is 5.28. The Balaban J connectivity index is 1.56. The van der Waals surface area contributed by atoms with Crippen molar-refractivity contribution in [3.8, 4) is 16.1 Å². The molecule has 10 nitrogen and oxygen atoms in total. The standard InChI is InChI=1S/C30H23F2N5O5S/c1-17-26-28(39)36(20-12-13-24(33-15-20)34-14-3-2-7-25(34)38)30(40)35(16-21-22(31)5-4-6-23(21)32)29(26)43-27(17)18-8-10-19(11-9-18)37(41)42/h4-6,8-13,15H,2-3,7,14,16H2,1H3. The molecular formula is C30H23F2N5O5S. The minimum absolute atomic E-state index is 0.0629. The molecule has 43 heavy (non-hydrogen) atoms. The number of non-ortho nitro benzene ring substituents is 1. The van der Waals surface area contributed by atoms with Crippen molar-refractivity contribution in [1.29, 1.82) is 0 Å². The Morgan fingerprint density at radius 3 is 2.35 bits per heavy atom. The number of piperidine rings is 1. The first kappa shape index (κ1) is 28.1. The highest BCUT2D eigenvalue weighted by molar-refractivity contribution is 7.22. The molecule has 0 aliphatic carbocycles. The van der Waals surface area contributed by atoms with Crippen LogP contribution in [0, 0.1) is 28.7 Å². The average molecular weight is 604 g/mol. The first-order valence-electron chi connectivity index (χ1n) is 13.4. The smallest absolute Gasteiger partial charge is 0.297 e. The van der Waals surface area contributed by atoms with Gasteiger partial charge in [0.25, 0.3) is 11.2 Å². The van der Waals surface area contributed by atoms with Crippen molar-refractivity contribution in [3.05, 3.63) is 115 Å². The fraction of sp³-hybridized carbons (Fsp3) is 0.200. The highest BCUT2D eigenvalue weighted by Crippen LogP contribution is 2.37. The number of nitro groups is 1. The zero-order chi connectivity index (χ0) is 30.4. The highest BCUT2D eigenvalue weighted by Gasteiger charge is 2.25. The third kappa shape index (κ3) is 4.91. The molecule has 0 spiro atoms. The van der Waals surface area contributed by atoms with Gasteiger partial charge in [0.05, 0.1) is 28.7 Å². The molecule has 0 unspecified atom stereocenters. The van der Waals surface area contributed by atoms with Gasteiger partial charge in [0.2, 0.25) is 5.91 Å². The lowest BCUT2D eigenvalue weighted by atomic mass is 10.1. The minimum atomic E-state index is -0.848. The number of rotatable bonds is 6. The van der Waals surface area contributed by atoms with Crippen LogP contribution in [0.25, 0.3) is 26.3 Å². The molecule has 1 fully saturated rings. The van der Waals surface area contributed by atoms with E-state index in [-0.39, 0.29) is 33.1 Å². The van der Waals surface area contributed by atoms with Gasteiger partial charge in [0.1, 0.15) is 22.3 Å². The number of amides is 1. The van der Waals surface area contributed by atoms with Crippen molar-refractivity contribution in [3.63, 3.8) is 0 Å². The number of hydrogen-bond donors (Lipinski definition) is 0. The molecule has 1 aliphatic rings. The predicted octanol–water partition coefficient (Wildman–Crippen LogP) is 5.34. The highest BCUT2D eigenvalue weighted by atomic mass is 32.1. The maximum absolute atomic E-state index is 14.8. The van der Waals surface area contributed by atoms with Crippen LogP contribution in [0.15, 0.2) is 70.4 Å². The summed E-state index contributed by atoms with van der Waals surface area (Å²) in [6, 6.07) is 12.2. The van der Waals surface area contributed by atoms with Gasteiger partial charge in [-0.2, -0.15) is 0 Å². The molecule has 1 aliphatic heterocycles. The molecule has 0 saturated carbocycles. The lowest BCUT2D eigenvalue weighted by Gasteiger charge is -2.25. The van der Waals surface area contributed by atoms with Gasteiger partial charge in [-0.25, -0.2) is 23.1 Å². The molecule has 5 aromatic rings. The second kappa shape index (κ2) is 11.0. The van der Waals surface area contributed by atoms with Crippen molar-refractivity contribution >= 4 is 39.0 Å². The summed E-state index contributed by atoms with van der Waals surface area (Å²) >= 11 is 1.08. The third-order valence-corrected chi connectivity index (χ3v) is 8.89. The Morgan fingerprint density at radius 1 is 1.00 bits per heavy atom. The molecule has 6 rings (SSSR count). The number of aryl methyl sites for hydroxylation is 1. The van der Waals surface area contributed by atoms with Gasteiger partial charge in [-0.15, -0.1) is 11.3 Å². The van der Waals surface area contributed by atoms with Crippen LogP contribution in [0.1, 0.15) is 30.4 Å². The molecule has 1 amide bonds. The SMILES string of the molecule is Cc1c(-c2ccc([N+](=O)[O-])cc2)sc2c1c(=O)n(-c1ccc(N3CCCCC3=O)nc1)c(=O)n2Cc1c(F)cccc1F. The number of halogens is 2. The minimum Gasteiger partial charge on any atom is -0.297 e. The lowest BCUT2D eigenvalue weighted by Crippen LogP contribution is -2.39. The van der Waals surface area contributed by atoms with E-state index < -0.39 is 34.4 Å². The number of nitro benzene ring substituents is 1. The number of hydrogen-bond acceptors (Lipinski definition) is 7. The van der Waals surface area contributed by atoms with Crippen LogP contribution in [-0.2, 0) is 11.3 Å². The van der Waals surface area contributed by atoms with Crippen LogP contribution in [0.3, 0.4) is 0 Å². The summed E-state index contributed by atoms with van der Waals surface area (Å²) < 4.78 is 31.6. The zero-order valence-electron chi connectivity index (χ0n) is 22.8. The molecule has 3 aromatic heterocycles. The van der Waals surface area contributed by atoms with E-state index in [9.17, 15) is 33.3 Å². The normalized spacial score (nSPS) is 13.6. The first-order valence-corrected chi connectivity index (χ1v) is 14.2. The van der Waals surface area contributed by atoms with Crippen LogP contribution < -0.4 is 16.1 Å². The summed E-state index contributed by atoms with van der Waals surface area (Å²) in [4.78, 5) is 57.6. The van der Waals surface area contributed by atoms with Gasteiger partial charge in [0.15, 0.2) is 0 Å². The summed E-state index contributed by atoms with van der Waals surface area (Å²) in [6.45, 7) is 1.70. The molecule has 0 atom stereocenters. The van der Waals surface area contributed by atoms with Gasteiger partial charge in [-0.3, -0.25) is 29.2 Å². The van der Waals surface area contributed by atoms with Gasteiger partial charge in [0, 0.05) is 35.5 Å². The third-order valence-electron chi connectivity index (χ3n) is 7.52. The summed E-state index contributed by atoms with van der Waals surface area (Å²) in [7, 11) is 0. The first-order chi connectivity index (χ1) is 20.7. The number of pyridine rings is 1. The maximum Gasteiger partial charge on any atom is 0.337 e. The van der Waals surface area contributed by atoms with Crippen molar-refractivity contribution in [2.75, 3.05) is 11.4 Å². The Morgan fingerprint density at radius 2 is 1.72 bits per heavy atom. The average Bonchev–Trinajstić information content (AvgIpc) is 3.34. The summed E-state index contributed by atoms with van der Waals surface area (Å²) in [6.07, 6.45) is 3.36. The zero-order valence-corrected chi connectivity index (χ0v) is 23.6. The van der Waals surface area contributed by atoms with Crippen LogP contribution in [0.4, 0.5) is 20.3 Å². The molecule has 1 saturated heterocycles. The monoisotopic (exact) mass is 603 g/mol. The van der Waals surface area contributed by atoms with E-state index in [0.717, 1.165) is 45.4 Å². The van der Waals surface area contributed by atoms with E-state index in [4.69, 9.17) is 0 Å². The molecule has 218 valence electrons. The molecule has 2 aromatic carbocycles. The Bertz CT molecular complexity index is 2010. The molecule has 0 radical (unpaired) electrons. The van der Waals surface area contributed by atoms with Gasteiger partial charge in [-0.05, 0) is 67.3 Å². The molecule has 0 bridgehead atoms. The second-order valence-corrected chi connectivity index (χ2v) is 11.1. The van der Waals surface area contributed by atoms with E-state index in [2.05, 4.69) is 4.98 Å². The van der Waals surface area contributed by atoms with E-state index in [1.807, 2.05) is 0 Å². The topological polar surface area (TPSA) is 120 Å². The molecule has 0 N–H and O–H groups in total. The number of carbonyl (C=O) groups excluding carboxylic acids is 1. The van der Waals surface area contributed by atoms with E-state index in [0.29, 0.717) is 34.8 Å². The van der Waals surface area contributed by atoms with Crippen LogP contribution in [0.5, 0.6) is 0 Å². The van der Waals surface area contributed by atoms with Gasteiger partial charge < -0.3 is 0 Å². The largest absolute Gasteiger partial charge is 0.337 e. The lowest BCUT2D eigenvalue weighted by molar-refractivity contribution is -0.384. The number of benzene rings is 2. The number of nitrogens with zero attached hydrogens (tertiary/aromatic N) is 5. The van der Waals surface area contributed by atoms with Crippen LogP contribution >= 0.6 is 11.3 Å². The number of thiophene rings is 1. The maximum atomic E-state index is 14.8. The van der Waals surface area contributed by atoms with Crippen molar-refractivity contribution in [2.24, 2.45) is 0 Å². The second-order valence-electron chi connectivity index (χ2n) is 10.1. The summed E-state index contributed by atoms with van der Waals surface area (Å²) in [5.74, 6) is -1.37. The van der Waals surface area contributed by atoms with Gasteiger partial charge in [-0.1, -0.05) is 6.07 Å². The van der Waals surface area contributed by atoms with Crippen molar-refractivity contribution < 1.29 is 18.5 Å².